The number of H-pyrrole nitrogens is 1. The lowest BCUT2D eigenvalue weighted by molar-refractivity contribution is 0.0301. The molecule has 0 aromatic carbocycles. The van der Waals surface area contributed by atoms with Crippen LogP contribution in [0.1, 0.15) is 5.82 Å². The average molecular weight is 357 g/mol. The zero-order valence-electron chi connectivity index (χ0n) is 13.8. The van der Waals surface area contributed by atoms with Gasteiger partial charge in [-0.3, -0.25) is 0 Å². The molecule has 26 heavy (non-hydrogen) atoms. The van der Waals surface area contributed by atoms with Crippen LogP contribution >= 0.6 is 11.6 Å². The molecule has 14 heteroatoms. The Balaban J connectivity index is 2.20. The van der Waals surface area contributed by atoms with E-state index in [0.29, 0.717) is 37.6 Å². The maximum absolute atomic E-state index is 11.0. The maximum atomic E-state index is 11.0. The lowest BCUT2D eigenvalue weighted by Gasteiger charge is -2.50. The summed E-state index contributed by atoms with van der Waals surface area (Å²) in [6.07, 6.45) is 0. The first kappa shape index (κ1) is 19.7. The highest BCUT2D eigenvalue weighted by Gasteiger charge is 2.50. The fraction of sp³-hybridized carbons (Fsp3) is 0.583. The van der Waals surface area contributed by atoms with Gasteiger partial charge in [0.05, 0.1) is 65.9 Å². The molecular formula is C12H10B6ClN5O2. The fourth-order valence-electron chi connectivity index (χ4n) is 2.82. The summed E-state index contributed by atoms with van der Waals surface area (Å²) >= 11 is 6.00. The molecule has 2 N–H and O–H groups in total. The van der Waals surface area contributed by atoms with Crippen LogP contribution in [0.5, 0.6) is 0 Å². The number of aromatic amines is 1. The Labute approximate surface area is 163 Å². The number of halogens is 1. The predicted octanol–water partition coefficient (Wildman–Crippen LogP) is -1.81. The molecule has 0 spiro atoms. The highest BCUT2D eigenvalue weighted by atomic mass is 35.5. The van der Waals surface area contributed by atoms with Crippen molar-refractivity contribution in [3.8, 4) is 0 Å². The van der Waals surface area contributed by atoms with Gasteiger partial charge in [0, 0.05) is 13.1 Å². The lowest BCUT2D eigenvalue weighted by Crippen LogP contribution is -2.53. The number of aliphatic hydroxyl groups is 1. The van der Waals surface area contributed by atoms with Crippen molar-refractivity contribution in [1.29, 1.82) is 0 Å². The van der Waals surface area contributed by atoms with Crippen LogP contribution in [-0.4, -0.2) is 98.4 Å². The quantitative estimate of drug-likeness (QED) is 0.496. The summed E-state index contributed by atoms with van der Waals surface area (Å²) in [6.45, 7) is 2.18. The number of anilines is 1. The van der Waals surface area contributed by atoms with Gasteiger partial charge in [0.25, 0.3) is 0 Å². The van der Waals surface area contributed by atoms with Crippen molar-refractivity contribution in [2.75, 3.05) is 31.2 Å². The van der Waals surface area contributed by atoms with Crippen molar-refractivity contribution in [2.45, 2.75) is 15.8 Å². The number of rotatable bonds is 4. The van der Waals surface area contributed by atoms with E-state index in [-0.39, 0.29) is 16.8 Å². The summed E-state index contributed by atoms with van der Waals surface area (Å²) in [6, 6.07) is 0. The zero-order chi connectivity index (χ0) is 19.3. The third kappa shape index (κ3) is 3.18. The molecule has 12 radical (unpaired) electrons. The van der Waals surface area contributed by atoms with Gasteiger partial charge in [0.15, 0.2) is 11.5 Å². The Bertz CT molecular complexity index is 803. The normalized spacial score (nSPS) is 16.9. The first-order chi connectivity index (χ1) is 11.9. The molecule has 0 atom stereocenters. The van der Waals surface area contributed by atoms with Crippen LogP contribution in [-0.2, 0) is 10.3 Å². The zero-order valence-corrected chi connectivity index (χ0v) is 14.6. The molecule has 0 saturated carbocycles. The molecular weight excluding hydrogens is 346 g/mol. The van der Waals surface area contributed by atoms with Gasteiger partial charge >= 0.3 is 0 Å². The fourth-order valence-corrected chi connectivity index (χ4v) is 2.98. The molecule has 0 amide bonds. The largest absolute Gasteiger partial charge is 0.385 e. The Kier molecular flexibility index (Phi) is 4.95. The molecule has 0 bridgehead atoms. The van der Waals surface area contributed by atoms with Crippen LogP contribution in [0.15, 0.2) is 0 Å². The van der Waals surface area contributed by atoms with Crippen molar-refractivity contribution in [3.63, 3.8) is 0 Å². The summed E-state index contributed by atoms with van der Waals surface area (Å²) < 4.78 is 5.33. The molecule has 2 aromatic rings. The van der Waals surface area contributed by atoms with E-state index in [4.69, 9.17) is 63.4 Å². The predicted molar refractivity (Wildman–Crippen MR) is 104 cm³/mol. The van der Waals surface area contributed by atoms with Gasteiger partial charge in [-0.2, -0.15) is 9.97 Å². The van der Waals surface area contributed by atoms with E-state index in [1.807, 2.05) is 4.90 Å². The van der Waals surface area contributed by atoms with E-state index in [1.165, 1.54) is 0 Å². The molecule has 2 aromatic heterocycles. The first-order valence-corrected chi connectivity index (χ1v) is 8.05. The van der Waals surface area contributed by atoms with Gasteiger partial charge in [0.1, 0.15) is 11.3 Å². The number of imidazole rings is 1. The third-order valence-corrected chi connectivity index (χ3v) is 4.38. The minimum Gasteiger partial charge on any atom is -0.385 e. The van der Waals surface area contributed by atoms with Gasteiger partial charge in [-0.1, -0.05) is 10.2 Å². The molecule has 1 fully saturated rings. The first-order valence-electron chi connectivity index (χ1n) is 7.67. The van der Waals surface area contributed by atoms with Crippen LogP contribution in [0, 0.1) is 0 Å². The van der Waals surface area contributed by atoms with E-state index >= 15 is 0 Å². The topological polar surface area (TPSA) is 87.2 Å². The summed E-state index contributed by atoms with van der Waals surface area (Å²) in [5, 5.41) is 6.28. The summed E-state index contributed by atoms with van der Waals surface area (Å²) in [5.41, 5.74) is -2.04. The van der Waals surface area contributed by atoms with E-state index in [2.05, 4.69) is 19.9 Å². The van der Waals surface area contributed by atoms with E-state index in [0.717, 1.165) is 0 Å². The summed E-state index contributed by atoms with van der Waals surface area (Å²) in [7, 11) is 34.1. The Morgan fingerprint density at radius 3 is 2.12 bits per heavy atom. The number of ether oxygens (including phenoxy) is 1. The van der Waals surface area contributed by atoms with Gasteiger partial charge in [-0.25, -0.2) is 4.98 Å². The average Bonchev–Trinajstić information content (AvgIpc) is 2.95. The molecule has 7 nitrogen and oxygen atoms in total. The van der Waals surface area contributed by atoms with Gasteiger partial charge in [-0.15, -0.1) is 0 Å². The van der Waals surface area contributed by atoms with Crippen molar-refractivity contribution in [1.82, 2.24) is 19.9 Å². The van der Waals surface area contributed by atoms with E-state index in [9.17, 15) is 5.11 Å². The summed E-state index contributed by atoms with van der Waals surface area (Å²) in [5.74, 6) is 0.191. The van der Waals surface area contributed by atoms with Crippen LogP contribution in [0.3, 0.4) is 0 Å². The number of morpholine rings is 1. The second-order valence-corrected chi connectivity index (χ2v) is 6.61. The molecule has 0 aliphatic carbocycles. The van der Waals surface area contributed by atoms with Gasteiger partial charge < -0.3 is 19.7 Å². The van der Waals surface area contributed by atoms with E-state index in [1.54, 1.807) is 0 Å². The molecule has 3 rings (SSSR count). The Hall–Kier alpha value is -1.05. The molecule has 1 aliphatic heterocycles. The van der Waals surface area contributed by atoms with E-state index < -0.39 is 15.8 Å². The Morgan fingerprint density at radius 1 is 1.00 bits per heavy atom. The third-order valence-electron chi connectivity index (χ3n) is 4.21. The number of hydrogen-bond acceptors (Lipinski definition) is 6. The second-order valence-electron chi connectivity index (χ2n) is 6.28. The molecule has 3 heterocycles. The number of aromatic nitrogens is 4. The Morgan fingerprint density at radius 2 is 1.58 bits per heavy atom. The highest BCUT2D eigenvalue weighted by Crippen LogP contribution is 2.49. The van der Waals surface area contributed by atoms with Crippen molar-refractivity contribution in [2.24, 2.45) is 0 Å². The van der Waals surface area contributed by atoms with Crippen molar-refractivity contribution >= 4 is 75.7 Å². The number of hydrogen-bond donors (Lipinski definition) is 2. The summed E-state index contributed by atoms with van der Waals surface area (Å²) in [4.78, 5) is 17.2. The number of nitrogens with zero attached hydrogens (tertiary/aromatic N) is 4. The standard InChI is InChI=1S/C12H10B6ClN5O2/c13-11(14,15)10(25,12(16,17)18)8-20-5-6(21-8)22-9(19)23-7(5)24-1-3-26-4-2-24/h25H,1-4H2,(H,20,21,22,23). The molecule has 120 valence electrons. The SMILES string of the molecule is [B]C([B])([B])C(O)(c1nc2nc(Cl)nc(N3CCOCC3)c2[nH]1)C([B])([B])[B]. The second kappa shape index (κ2) is 6.53. The highest BCUT2D eigenvalue weighted by molar-refractivity contribution is 6.65. The van der Waals surface area contributed by atoms with Crippen molar-refractivity contribution in [3.05, 3.63) is 11.1 Å². The monoisotopic (exact) mass is 357 g/mol. The number of nitrogens with one attached hydrogen (secondary N) is 1. The maximum Gasteiger partial charge on any atom is 0.226 e. The molecule has 0 unspecified atom stereocenters. The van der Waals surface area contributed by atoms with Crippen LogP contribution < -0.4 is 4.90 Å². The van der Waals surface area contributed by atoms with Gasteiger partial charge in [0.2, 0.25) is 5.28 Å². The van der Waals surface area contributed by atoms with Crippen molar-refractivity contribution < 1.29 is 9.84 Å². The lowest BCUT2D eigenvalue weighted by atomic mass is 9.23. The minimum atomic E-state index is -2.53. The minimum absolute atomic E-state index is 0.0420. The van der Waals surface area contributed by atoms with Crippen LogP contribution in [0.2, 0.25) is 15.5 Å². The molecule has 1 aliphatic rings. The smallest absolute Gasteiger partial charge is 0.226 e. The van der Waals surface area contributed by atoms with Gasteiger partial charge in [-0.05, 0) is 11.6 Å². The van der Waals surface area contributed by atoms with Crippen LogP contribution in [0.25, 0.3) is 11.2 Å². The van der Waals surface area contributed by atoms with Crippen LogP contribution in [0.4, 0.5) is 5.82 Å². The molecule has 1 saturated heterocycles. The number of fused-ring (bicyclic) bond motifs is 1.